The number of nitrogens with zero attached hydrogens (tertiary/aromatic N) is 4. The molecule has 4 nitrogen and oxygen atoms in total. The lowest BCUT2D eigenvalue weighted by molar-refractivity contribution is 1.27. The Balaban J connectivity index is 1.56. The van der Waals surface area contributed by atoms with Crippen LogP contribution >= 0.6 is 0 Å². The van der Waals surface area contributed by atoms with Crippen molar-refractivity contribution in [2.45, 2.75) is 13.8 Å². The largest absolute Gasteiger partial charge is 0.264 e. The molecule has 0 aliphatic rings. The number of hydrogen-bond acceptors (Lipinski definition) is 4. The van der Waals surface area contributed by atoms with Crippen molar-refractivity contribution in [1.82, 2.24) is 19.9 Å². The van der Waals surface area contributed by atoms with Crippen LogP contribution in [0.5, 0.6) is 0 Å². The van der Waals surface area contributed by atoms with Gasteiger partial charge < -0.3 is 0 Å². The summed E-state index contributed by atoms with van der Waals surface area (Å²) in [4.78, 5) is 18.1. The third kappa shape index (κ3) is 3.85. The lowest BCUT2D eigenvalue weighted by Crippen LogP contribution is -1.97. The second kappa shape index (κ2) is 9.83. The molecule has 4 heteroatoms. The van der Waals surface area contributed by atoms with Gasteiger partial charge in [-0.2, -0.15) is 0 Å². The Kier molecular flexibility index (Phi) is 5.86. The van der Waals surface area contributed by atoms with E-state index in [1.165, 1.54) is 43.8 Å². The summed E-state index contributed by atoms with van der Waals surface area (Å²) in [7, 11) is 0. The molecule has 0 aliphatic carbocycles. The SMILES string of the molecule is Cc1c(-c2cccnc2)cncc1-c1c2ccccc2c(-c2cncc(-c3cccnc3)c2C)c2ccccc12. The fourth-order valence-corrected chi connectivity index (χ4v) is 5.89. The van der Waals surface area contributed by atoms with E-state index in [-0.39, 0.29) is 0 Å². The second-order valence-electron chi connectivity index (χ2n) is 10.0. The van der Waals surface area contributed by atoms with Crippen molar-refractivity contribution < 1.29 is 0 Å². The number of benzene rings is 3. The van der Waals surface area contributed by atoms with Crippen molar-refractivity contribution in [2.24, 2.45) is 0 Å². The van der Waals surface area contributed by atoms with E-state index in [0.29, 0.717) is 0 Å². The van der Waals surface area contributed by atoms with Crippen LogP contribution in [0.2, 0.25) is 0 Å². The van der Waals surface area contributed by atoms with E-state index in [4.69, 9.17) is 9.97 Å². The molecule has 0 atom stereocenters. The van der Waals surface area contributed by atoms with Gasteiger partial charge in [-0.3, -0.25) is 19.9 Å². The summed E-state index contributed by atoms with van der Waals surface area (Å²) in [6, 6.07) is 25.5. The average molecular weight is 515 g/mol. The molecule has 7 aromatic rings. The van der Waals surface area contributed by atoms with E-state index >= 15 is 0 Å². The molecule has 0 spiro atoms. The molecule has 0 radical (unpaired) electrons. The first-order chi connectivity index (χ1) is 19.7. The molecular weight excluding hydrogens is 488 g/mol. The Morgan fingerprint density at radius 3 is 1.10 bits per heavy atom. The van der Waals surface area contributed by atoms with Gasteiger partial charge in [0.25, 0.3) is 0 Å². The van der Waals surface area contributed by atoms with Gasteiger partial charge in [0.05, 0.1) is 0 Å². The number of rotatable bonds is 4. The Morgan fingerprint density at radius 1 is 0.375 bits per heavy atom. The van der Waals surface area contributed by atoms with Gasteiger partial charge in [-0.1, -0.05) is 60.7 Å². The van der Waals surface area contributed by atoms with Gasteiger partial charge in [-0.15, -0.1) is 0 Å². The molecule has 0 unspecified atom stereocenters. The van der Waals surface area contributed by atoms with Gasteiger partial charge >= 0.3 is 0 Å². The van der Waals surface area contributed by atoms with Crippen LogP contribution in [0.25, 0.3) is 66.1 Å². The van der Waals surface area contributed by atoms with Gasteiger partial charge in [0.2, 0.25) is 0 Å². The minimum atomic E-state index is 1.06. The first kappa shape index (κ1) is 23.9. The zero-order valence-corrected chi connectivity index (χ0v) is 22.3. The van der Waals surface area contributed by atoms with Crippen LogP contribution in [-0.2, 0) is 0 Å². The summed E-state index contributed by atoms with van der Waals surface area (Å²) >= 11 is 0. The molecule has 0 saturated heterocycles. The van der Waals surface area contributed by atoms with Crippen molar-refractivity contribution in [3.8, 4) is 44.5 Å². The van der Waals surface area contributed by atoms with E-state index in [1.54, 1.807) is 12.4 Å². The maximum Gasteiger partial charge on any atom is 0.0350 e. The van der Waals surface area contributed by atoms with Crippen LogP contribution in [0.3, 0.4) is 0 Å². The lowest BCUT2D eigenvalue weighted by atomic mass is 9.83. The van der Waals surface area contributed by atoms with E-state index < -0.39 is 0 Å². The normalized spacial score (nSPS) is 11.2. The molecule has 190 valence electrons. The molecule has 0 fully saturated rings. The molecule has 40 heavy (non-hydrogen) atoms. The van der Waals surface area contributed by atoms with Crippen LogP contribution in [0.4, 0.5) is 0 Å². The van der Waals surface area contributed by atoms with E-state index in [9.17, 15) is 0 Å². The summed E-state index contributed by atoms with van der Waals surface area (Å²) < 4.78 is 0. The summed E-state index contributed by atoms with van der Waals surface area (Å²) in [6.07, 6.45) is 15.3. The zero-order chi connectivity index (χ0) is 27.1. The topological polar surface area (TPSA) is 51.6 Å². The van der Waals surface area contributed by atoms with Crippen LogP contribution in [0, 0.1) is 13.8 Å². The second-order valence-corrected chi connectivity index (χ2v) is 10.0. The maximum atomic E-state index is 4.71. The average Bonchev–Trinajstić information content (AvgIpc) is 3.01. The first-order valence-corrected chi connectivity index (χ1v) is 13.4. The van der Waals surface area contributed by atoms with Crippen molar-refractivity contribution in [3.05, 3.63) is 133 Å². The molecular formula is C36H26N4. The van der Waals surface area contributed by atoms with Gasteiger partial charge in [0, 0.05) is 83.0 Å². The Labute approximate surface area is 233 Å². The fourth-order valence-electron chi connectivity index (χ4n) is 5.89. The predicted molar refractivity (Wildman–Crippen MR) is 164 cm³/mol. The Morgan fingerprint density at radius 2 is 0.750 bits per heavy atom. The molecule has 0 aliphatic heterocycles. The monoisotopic (exact) mass is 514 g/mol. The van der Waals surface area contributed by atoms with Crippen LogP contribution < -0.4 is 0 Å². The molecule has 7 rings (SSSR count). The van der Waals surface area contributed by atoms with Crippen molar-refractivity contribution in [3.63, 3.8) is 0 Å². The molecule has 0 bridgehead atoms. The molecule has 0 saturated carbocycles. The van der Waals surface area contributed by atoms with E-state index in [2.05, 4.69) is 84.5 Å². The minimum absolute atomic E-state index is 1.06. The number of hydrogen-bond donors (Lipinski definition) is 0. The van der Waals surface area contributed by atoms with Crippen LogP contribution in [0.15, 0.2) is 122 Å². The van der Waals surface area contributed by atoms with Crippen molar-refractivity contribution in [2.75, 3.05) is 0 Å². The highest BCUT2D eigenvalue weighted by atomic mass is 14.7. The van der Waals surface area contributed by atoms with Gasteiger partial charge in [0.1, 0.15) is 0 Å². The Hall–Kier alpha value is -5.22. The van der Waals surface area contributed by atoms with Crippen LogP contribution in [0.1, 0.15) is 11.1 Å². The maximum absolute atomic E-state index is 4.71. The summed E-state index contributed by atoms with van der Waals surface area (Å²) in [5.41, 5.74) is 11.3. The first-order valence-electron chi connectivity index (χ1n) is 13.4. The highest BCUT2D eigenvalue weighted by Gasteiger charge is 2.21. The minimum Gasteiger partial charge on any atom is -0.264 e. The van der Waals surface area contributed by atoms with E-state index in [0.717, 1.165) is 33.4 Å². The van der Waals surface area contributed by atoms with Crippen molar-refractivity contribution >= 4 is 21.5 Å². The van der Waals surface area contributed by atoms with Crippen molar-refractivity contribution in [1.29, 1.82) is 0 Å². The fraction of sp³-hybridized carbons (Fsp3) is 0.0556. The van der Waals surface area contributed by atoms with Crippen LogP contribution in [-0.4, -0.2) is 19.9 Å². The third-order valence-electron chi connectivity index (χ3n) is 7.85. The van der Waals surface area contributed by atoms with Gasteiger partial charge in [-0.25, -0.2) is 0 Å². The summed E-state index contributed by atoms with van der Waals surface area (Å²) in [6.45, 7) is 4.37. The lowest BCUT2D eigenvalue weighted by Gasteiger charge is -2.20. The molecule has 4 heterocycles. The smallest absolute Gasteiger partial charge is 0.0350 e. The van der Waals surface area contributed by atoms with Gasteiger partial charge in [-0.05, 0) is 69.8 Å². The third-order valence-corrected chi connectivity index (χ3v) is 7.85. The predicted octanol–water partition coefficient (Wildman–Crippen LogP) is 8.86. The number of aromatic nitrogens is 4. The molecule has 0 N–H and O–H groups in total. The molecule has 4 aromatic heterocycles. The number of fused-ring (bicyclic) bond motifs is 2. The molecule has 0 amide bonds. The highest BCUT2D eigenvalue weighted by molar-refractivity contribution is 6.22. The zero-order valence-electron chi connectivity index (χ0n) is 22.3. The number of pyridine rings is 4. The summed E-state index contributed by atoms with van der Waals surface area (Å²) in [5.74, 6) is 0. The molecule has 3 aromatic carbocycles. The summed E-state index contributed by atoms with van der Waals surface area (Å²) in [5, 5.41) is 4.76. The highest BCUT2D eigenvalue weighted by Crippen LogP contribution is 2.46. The Bertz CT molecular complexity index is 1810. The van der Waals surface area contributed by atoms with Gasteiger partial charge in [0.15, 0.2) is 0 Å². The van der Waals surface area contributed by atoms with E-state index in [1.807, 2.05) is 49.3 Å². The quantitative estimate of drug-likeness (QED) is 0.220. The standard InChI is InChI=1S/C36H26N4/c1-23-31(25-9-7-15-37-17-25)19-39-21-33(23)35-27-11-3-5-13-29(27)36(30-14-6-4-12-28(30)35)34-22-40-20-32(24(34)2)26-10-8-16-38-18-26/h3-22H,1-2H3.